The minimum Gasteiger partial charge on any atom is -0.366 e. The molecule has 2 aliphatic heterocycles. The zero-order valence-corrected chi connectivity index (χ0v) is 20.3. The molecule has 0 spiro atoms. The van der Waals surface area contributed by atoms with E-state index >= 15 is 0 Å². The van der Waals surface area contributed by atoms with E-state index in [4.69, 9.17) is 12.2 Å². The zero-order chi connectivity index (χ0) is 24.1. The molecule has 1 saturated heterocycles. The van der Waals surface area contributed by atoms with Crippen LogP contribution in [-0.4, -0.2) is 29.0 Å². The second kappa shape index (κ2) is 8.37. The summed E-state index contributed by atoms with van der Waals surface area (Å²) in [5, 5.41) is 2.39. The maximum atomic E-state index is 14.4. The molecular weight excluding hydrogens is 437 g/mol. The number of nitrogens with zero attached hydrogens (tertiary/aromatic N) is 2. The van der Waals surface area contributed by atoms with Crippen LogP contribution in [0.4, 0.5) is 15.8 Å². The number of rotatable bonds is 3. The molecule has 0 saturated carbocycles. The number of carbonyl (C=O) groups is 2. The summed E-state index contributed by atoms with van der Waals surface area (Å²) < 4.78 is 14.4. The van der Waals surface area contributed by atoms with Crippen molar-refractivity contribution in [2.75, 3.05) is 16.3 Å². The summed E-state index contributed by atoms with van der Waals surface area (Å²) in [6.45, 7) is 11.7. The Morgan fingerprint density at radius 1 is 1.21 bits per heavy atom. The second-order valence-corrected chi connectivity index (χ2v) is 9.73. The van der Waals surface area contributed by atoms with Gasteiger partial charge in [0, 0.05) is 17.8 Å². The lowest BCUT2D eigenvalue weighted by molar-refractivity contribution is -0.122. The molecule has 5 nitrogen and oxygen atoms in total. The van der Waals surface area contributed by atoms with Crippen LogP contribution in [0.25, 0.3) is 6.08 Å². The lowest BCUT2D eigenvalue weighted by atomic mass is 9.79. The fourth-order valence-electron chi connectivity index (χ4n) is 5.07. The Bertz CT molecular complexity index is 1200. The molecule has 2 heterocycles. The smallest absolute Gasteiger partial charge is 0.270 e. The number of aryl methyl sites for hydroxylation is 1. The molecule has 4 rings (SSSR count). The summed E-state index contributed by atoms with van der Waals surface area (Å²) >= 11 is 5.18. The van der Waals surface area contributed by atoms with Gasteiger partial charge in [0.2, 0.25) is 0 Å². The molecule has 2 aromatic rings. The van der Waals surface area contributed by atoms with Gasteiger partial charge in [-0.25, -0.2) is 9.29 Å². The minimum absolute atomic E-state index is 0.00926. The molecule has 0 aliphatic carbocycles. The molecule has 2 aromatic carbocycles. The molecule has 0 aromatic heterocycles. The molecule has 2 amide bonds. The standard InChI is InChI=1S/C26H28FN3O2S/c1-6-29-22-11-15(2)17(12-18(22)16(3)14-26(29,4)5)13-19-23(31)28-25(33)30(24(19)32)21-10-8-7-9-20(21)27/h7-13,16H,6,14H2,1-5H3,(H,28,31,33)/b19-13-. The fraction of sp³-hybridized carbons (Fsp3) is 0.346. The van der Waals surface area contributed by atoms with Crippen molar-refractivity contribution in [3.8, 4) is 0 Å². The molecule has 0 radical (unpaired) electrons. The van der Waals surface area contributed by atoms with E-state index < -0.39 is 17.6 Å². The number of hydrogen-bond acceptors (Lipinski definition) is 4. The van der Waals surface area contributed by atoms with Crippen molar-refractivity contribution in [3.63, 3.8) is 0 Å². The van der Waals surface area contributed by atoms with E-state index in [9.17, 15) is 14.0 Å². The SMILES string of the molecule is CCN1c2cc(C)c(/C=C3/C(=O)NC(=S)N(c4ccccc4F)C3=O)cc2C(C)CC1(C)C. The highest BCUT2D eigenvalue weighted by atomic mass is 32.1. The van der Waals surface area contributed by atoms with Gasteiger partial charge in [0.15, 0.2) is 5.11 Å². The molecule has 1 fully saturated rings. The van der Waals surface area contributed by atoms with Gasteiger partial charge in [0.05, 0.1) is 5.69 Å². The molecule has 0 bridgehead atoms. The molecule has 172 valence electrons. The molecule has 1 N–H and O–H groups in total. The van der Waals surface area contributed by atoms with Crippen LogP contribution in [0.2, 0.25) is 0 Å². The lowest BCUT2D eigenvalue weighted by Gasteiger charge is -2.47. The zero-order valence-electron chi connectivity index (χ0n) is 19.5. The summed E-state index contributed by atoms with van der Waals surface area (Å²) in [5.41, 5.74) is 4.10. The number of nitrogens with one attached hydrogen (secondary N) is 1. The largest absolute Gasteiger partial charge is 0.366 e. The molecular formula is C26H28FN3O2S. The Balaban J connectivity index is 1.79. The summed E-state index contributed by atoms with van der Waals surface area (Å²) in [6, 6.07) is 10.1. The average Bonchev–Trinajstić information content (AvgIpc) is 2.72. The summed E-state index contributed by atoms with van der Waals surface area (Å²) in [4.78, 5) is 29.4. The maximum Gasteiger partial charge on any atom is 0.270 e. The Hall–Kier alpha value is -3.06. The molecule has 33 heavy (non-hydrogen) atoms. The van der Waals surface area contributed by atoms with Gasteiger partial charge in [-0.1, -0.05) is 19.1 Å². The number of carbonyl (C=O) groups excluding carboxylic acids is 2. The maximum absolute atomic E-state index is 14.4. The van der Waals surface area contributed by atoms with Crippen molar-refractivity contribution in [2.24, 2.45) is 0 Å². The molecule has 2 aliphatic rings. The van der Waals surface area contributed by atoms with Gasteiger partial charge in [-0.2, -0.15) is 0 Å². The van der Waals surface area contributed by atoms with Gasteiger partial charge in [0.1, 0.15) is 11.4 Å². The van der Waals surface area contributed by atoms with Crippen LogP contribution in [0.15, 0.2) is 42.0 Å². The predicted molar refractivity (Wildman–Crippen MR) is 134 cm³/mol. The van der Waals surface area contributed by atoms with Crippen molar-refractivity contribution in [1.29, 1.82) is 0 Å². The third-order valence-electron chi connectivity index (χ3n) is 6.58. The number of fused-ring (bicyclic) bond motifs is 1. The second-order valence-electron chi connectivity index (χ2n) is 9.34. The van der Waals surface area contributed by atoms with Gasteiger partial charge in [-0.3, -0.25) is 14.9 Å². The number of thiocarbonyl (C=S) groups is 1. The number of benzene rings is 2. The van der Waals surface area contributed by atoms with E-state index in [-0.39, 0.29) is 21.9 Å². The molecule has 1 atom stereocenters. The lowest BCUT2D eigenvalue weighted by Crippen LogP contribution is -2.54. The van der Waals surface area contributed by atoms with Gasteiger partial charge < -0.3 is 4.90 Å². The van der Waals surface area contributed by atoms with Crippen molar-refractivity contribution in [3.05, 3.63) is 64.5 Å². The van der Waals surface area contributed by atoms with Crippen LogP contribution >= 0.6 is 12.2 Å². The highest BCUT2D eigenvalue weighted by Gasteiger charge is 2.37. The van der Waals surface area contributed by atoms with Gasteiger partial charge in [0.25, 0.3) is 11.8 Å². The quantitative estimate of drug-likeness (QED) is 0.390. The van der Waals surface area contributed by atoms with Crippen molar-refractivity contribution >= 4 is 46.6 Å². The highest BCUT2D eigenvalue weighted by Crippen LogP contribution is 2.44. The number of anilines is 2. The normalized spacial score (nSPS) is 21.3. The van der Waals surface area contributed by atoms with Gasteiger partial charge >= 0.3 is 0 Å². The Morgan fingerprint density at radius 3 is 2.58 bits per heavy atom. The summed E-state index contributed by atoms with van der Waals surface area (Å²) in [6.07, 6.45) is 2.59. The van der Waals surface area contributed by atoms with Crippen LogP contribution in [0.3, 0.4) is 0 Å². The Morgan fingerprint density at radius 2 is 1.91 bits per heavy atom. The fourth-order valence-corrected chi connectivity index (χ4v) is 5.34. The van der Waals surface area contributed by atoms with E-state index in [1.807, 2.05) is 6.92 Å². The van der Waals surface area contributed by atoms with Crippen molar-refractivity contribution < 1.29 is 14.0 Å². The minimum atomic E-state index is -0.643. The van der Waals surface area contributed by atoms with Crippen LogP contribution < -0.4 is 15.1 Å². The van der Waals surface area contributed by atoms with E-state index in [0.29, 0.717) is 5.92 Å². The van der Waals surface area contributed by atoms with E-state index in [2.05, 4.69) is 50.0 Å². The van der Waals surface area contributed by atoms with E-state index in [0.717, 1.165) is 29.0 Å². The predicted octanol–water partition coefficient (Wildman–Crippen LogP) is 5.08. The van der Waals surface area contributed by atoms with Crippen LogP contribution in [-0.2, 0) is 9.59 Å². The summed E-state index contributed by atoms with van der Waals surface area (Å²) in [5.74, 6) is -1.49. The average molecular weight is 466 g/mol. The highest BCUT2D eigenvalue weighted by molar-refractivity contribution is 7.80. The Kier molecular flexibility index (Phi) is 5.86. The first-order chi connectivity index (χ1) is 15.5. The molecule has 1 unspecified atom stereocenters. The first-order valence-electron chi connectivity index (χ1n) is 11.1. The van der Waals surface area contributed by atoms with Crippen molar-refractivity contribution in [1.82, 2.24) is 5.32 Å². The number of hydrogen-bond donors (Lipinski definition) is 1. The third kappa shape index (κ3) is 3.95. The number of halogens is 1. The topological polar surface area (TPSA) is 52.7 Å². The van der Waals surface area contributed by atoms with E-state index in [1.165, 1.54) is 29.4 Å². The first-order valence-corrected chi connectivity index (χ1v) is 11.5. The molecule has 7 heteroatoms. The van der Waals surface area contributed by atoms with E-state index in [1.54, 1.807) is 12.1 Å². The summed E-state index contributed by atoms with van der Waals surface area (Å²) in [7, 11) is 0. The van der Waals surface area contributed by atoms with Crippen LogP contribution in [0, 0.1) is 12.7 Å². The van der Waals surface area contributed by atoms with Crippen LogP contribution in [0.5, 0.6) is 0 Å². The first kappa shape index (κ1) is 23.1. The van der Waals surface area contributed by atoms with Gasteiger partial charge in [-0.15, -0.1) is 0 Å². The van der Waals surface area contributed by atoms with Crippen molar-refractivity contribution in [2.45, 2.75) is 52.5 Å². The third-order valence-corrected chi connectivity index (χ3v) is 6.87. The number of para-hydroxylation sites is 1. The monoisotopic (exact) mass is 465 g/mol. The number of amides is 2. The Labute approximate surface area is 199 Å². The van der Waals surface area contributed by atoms with Gasteiger partial charge in [-0.05, 0) is 99.3 Å². The van der Waals surface area contributed by atoms with Crippen LogP contribution in [0.1, 0.15) is 56.7 Å².